The van der Waals surface area contributed by atoms with Crippen molar-refractivity contribution >= 4 is 10.1 Å². The number of benzene rings is 1. The second-order valence-corrected chi connectivity index (χ2v) is 12.8. The summed E-state index contributed by atoms with van der Waals surface area (Å²) in [4.78, 5) is -0.121. The number of aliphatic hydroxyl groups excluding tert-OH is 6. The molecule has 0 radical (unpaired) electrons. The Kier molecular flexibility index (Phi) is 13.4. The molecule has 1 heterocycles. The Labute approximate surface area is 255 Å². The van der Waals surface area contributed by atoms with Crippen LogP contribution in [0.3, 0.4) is 0 Å². The van der Waals surface area contributed by atoms with Crippen LogP contribution in [0.5, 0.6) is 0 Å². The summed E-state index contributed by atoms with van der Waals surface area (Å²) in [6.07, 6.45) is -15.7. The van der Waals surface area contributed by atoms with Gasteiger partial charge in [0.2, 0.25) is 0 Å². The first-order chi connectivity index (χ1) is 20.6. The van der Waals surface area contributed by atoms with E-state index in [1.807, 2.05) is 0 Å². The zero-order valence-corrected chi connectivity index (χ0v) is 25.3. The molecule has 0 aromatic heterocycles. The van der Waals surface area contributed by atoms with Gasteiger partial charge in [-0.3, -0.25) is 4.18 Å². The molecule has 18 heteroatoms. The third-order valence-electron chi connectivity index (χ3n) is 7.68. The summed E-state index contributed by atoms with van der Waals surface area (Å²) in [5.74, 6) is 0. The van der Waals surface area contributed by atoms with Gasteiger partial charge in [-0.1, -0.05) is 17.7 Å². The molecule has 1 saturated carbocycles. The maximum atomic E-state index is 12.7. The van der Waals surface area contributed by atoms with Crippen molar-refractivity contribution in [2.75, 3.05) is 19.8 Å². The minimum atomic E-state index is -4.24. The number of aryl methyl sites for hydroxylation is 1. The van der Waals surface area contributed by atoms with Crippen LogP contribution in [-0.2, 0) is 33.2 Å². The van der Waals surface area contributed by atoms with Crippen LogP contribution in [-0.4, -0.2) is 144 Å². The monoisotopic (exact) mass is 654 g/mol. The van der Waals surface area contributed by atoms with E-state index in [0.29, 0.717) is 0 Å². The van der Waals surface area contributed by atoms with Gasteiger partial charge in [-0.05, 0) is 32.4 Å². The summed E-state index contributed by atoms with van der Waals surface area (Å²) >= 11 is 0. The van der Waals surface area contributed by atoms with Crippen LogP contribution in [0.15, 0.2) is 29.2 Å². The fourth-order valence-corrected chi connectivity index (χ4v) is 5.85. The third-order valence-corrected chi connectivity index (χ3v) is 8.97. The highest BCUT2D eigenvalue weighted by molar-refractivity contribution is 7.86. The first-order valence-electron chi connectivity index (χ1n) is 14.2. The van der Waals surface area contributed by atoms with Gasteiger partial charge in [-0.2, -0.15) is 8.42 Å². The highest BCUT2D eigenvalue weighted by Gasteiger charge is 2.50. The van der Waals surface area contributed by atoms with Crippen molar-refractivity contribution < 1.29 is 62.2 Å². The normalized spacial score (nSPS) is 36.0. The van der Waals surface area contributed by atoms with Gasteiger partial charge in [0.1, 0.15) is 42.7 Å². The van der Waals surface area contributed by atoms with E-state index in [-0.39, 0.29) is 17.9 Å². The predicted octanol–water partition coefficient (Wildman–Crippen LogP) is -4.93. The van der Waals surface area contributed by atoms with Crippen LogP contribution >= 0.6 is 0 Å². The Morgan fingerprint density at radius 2 is 1.61 bits per heavy atom. The summed E-state index contributed by atoms with van der Waals surface area (Å²) < 4.78 is 53.2. The van der Waals surface area contributed by atoms with E-state index in [1.165, 1.54) is 19.1 Å². The number of ether oxygens (including phenoxy) is 4. The fourth-order valence-electron chi connectivity index (χ4n) is 4.93. The molecule has 1 aliphatic carbocycles. The number of nitrogens with two attached hydrogens (primary N) is 4. The van der Waals surface area contributed by atoms with Crippen molar-refractivity contribution in [2.24, 2.45) is 22.9 Å². The molecule has 1 aromatic carbocycles. The van der Waals surface area contributed by atoms with Gasteiger partial charge in [0.05, 0.1) is 36.4 Å². The highest BCUT2D eigenvalue weighted by Crippen LogP contribution is 2.30. The van der Waals surface area contributed by atoms with Gasteiger partial charge in [-0.15, -0.1) is 0 Å². The molecule has 0 spiro atoms. The summed E-state index contributed by atoms with van der Waals surface area (Å²) in [5.41, 5.74) is 24.9. The smallest absolute Gasteiger partial charge is 0.297 e. The Morgan fingerprint density at radius 1 is 1.00 bits per heavy atom. The molecule has 11 unspecified atom stereocenters. The van der Waals surface area contributed by atoms with Crippen molar-refractivity contribution in [1.29, 1.82) is 0 Å². The Bertz CT molecular complexity index is 1130. The second-order valence-electron chi connectivity index (χ2n) is 11.2. The third kappa shape index (κ3) is 8.88. The molecule has 14 atom stereocenters. The topological polar surface area (TPSA) is 306 Å². The zero-order valence-electron chi connectivity index (χ0n) is 24.5. The van der Waals surface area contributed by atoms with Crippen LogP contribution < -0.4 is 22.9 Å². The molecule has 0 bridgehead atoms. The number of aliphatic hydroxyl groups is 6. The van der Waals surface area contributed by atoms with Crippen LogP contribution in [0.25, 0.3) is 0 Å². The van der Waals surface area contributed by atoms with Crippen molar-refractivity contribution in [2.45, 2.75) is 111 Å². The average molecular weight is 655 g/mol. The van der Waals surface area contributed by atoms with Gasteiger partial charge in [0.15, 0.2) is 12.6 Å². The first-order valence-corrected chi connectivity index (χ1v) is 15.6. The minimum Gasteiger partial charge on any atom is -0.393 e. The first kappa shape index (κ1) is 37.0. The molecule has 3 rings (SSSR count). The lowest BCUT2D eigenvalue weighted by atomic mass is 9.84. The van der Waals surface area contributed by atoms with E-state index in [1.54, 1.807) is 19.1 Å². The SMILES string of the molecule is Cc1ccc(S(=O)(=O)OCC2OC(OC3C(O)C(OC(OC(CN)[C@H](C)O)[C@@H](O)CO)C(N)C[C@@H]3N)C(O)C(N)C2O)cc1. The van der Waals surface area contributed by atoms with Crippen LogP contribution in [0, 0.1) is 6.92 Å². The van der Waals surface area contributed by atoms with Crippen molar-refractivity contribution in [3.8, 4) is 0 Å². The molecule has 1 aliphatic heterocycles. The van der Waals surface area contributed by atoms with E-state index >= 15 is 0 Å². The molecule has 0 amide bonds. The molecule has 17 nitrogen and oxygen atoms in total. The fraction of sp³-hybridized carbons (Fsp3) is 0.769. The van der Waals surface area contributed by atoms with Gasteiger partial charge in [0.25, 0.3) is 10.1 Å². The summed E-state index contributed by atoms with van der Waals surface area (Å²) in [7, 11) is -4.24. The van der Waals surface area contributed by atoms with Gasteiger partial charge in [0, 0.05) is 18.6 Å². The molecular weight excluding hydrogens is 608 g/mol. The molecule has 2 fully saturated rings. The minimum absolute atomic E-state index is 0.00385. The van der Waals surface area contributed by atoms with Crippen molar-refractivity contribution in [3.05, 3.63) is 29.8 Å². The second kappa shape index (κ2) is 15.9. The molecule has 14 N–H and O–H groups in total. The average Bonchev–Trinajstić information content (AvgIpc) is 2.97. The Morgan fingerprint density at radius 3 is 2.18 bits per heavy atom. The van der Waals surface area contributed by atoms with Crippen molar-refractivity contribution in [1.82, 2.24) is 0 Å². The maximum absolute atomic E-state index is 12.7. The lowest BCUT2D eigenvalue weighted by molar-refractivity contribution is -0.315. The maximum Gasteiger partial charge on any atom is 0.297 e. The van der Waals surface area contributed by atoms with E-state index in [0.717, 1.165) is 5.56 Å². The largest absolute Gasteiger partial charge is 0.393 e. The van der Waals surface area contributed by atoms with Crippen LogP contribution in [0.2, 0.25) is 0 Å². The molecule has 44 heavy (non-hydrogen) atoms. The van der Waals surface area contributed by atoms with E-state index in [2.05, 4.69) is 0 Å². The van der Waals surface area contributed by atoms with Gasteiger partial charge < -0.3 is 72.5 Å². The van der Waals surface area contributed by atoms with Crippen LogP contribution in [0.1, 0.15) is 18.9 Å². The van der Waals surface area contributed by atoms with E-state index in [9.17, 15) is 39.1 Å². The van der Waals surface area contributed by atoms with E-state index < -0.39 is 109 Å². The van der Waals surface area contributed by atoms with Crippen molar-refractivity contribution in [3.63, 3.8) is 0 Å². The number of hydrogen-bond donors (Lipinski definition) is 10. The summed E-state index contributed by atoms with van der Waals surface area (Å²) in [6.45, 7) is 1.54. The molecule has 1 aromatic rings. The summed E-state index contributed by atoms with van der Waals surface area (Å²) in [6, 6.07) is 2.65. The van der Waals surface area contributed by atoms with Crippen LogP contribution in [0.4, 0.5) is 0 Å². The summed E-state index contributed by atoms with van der Waals surface area (Å²) in [5, 5.41) is 62.2. The lowest BCUT2D eigenvalue weighted by Crippen LogP contribution is -2.68. The van der Waals surface area contributed by atoms with Gasteiger partial charge in [-0.25, -0.2) is 0 Å². The predicted molar refractivity (Wildman–Crippen MR) is 152 cm³/mol. The molecule has 2 aliphatic rings. The Balaban J connectivity index is 1.74. The number of hydrogen-bond acceptors (Lipinski definition) is 17. The lowest BCUT2D eigenvalue weighted by Gasteiger charge is -2.47. The molecular formula is C26H46N4O13S. The van der Waals surface area contributed by atoms with E-state index in [4.69, 9.17) is 46.1 Å². The quantitative estimate of drug-likeness (QED) is 0.0663. The highest BCUT2D eigenvalue weighted by atomic mass is 32.2. The molecule has 254 valence electrons. The van der Waals surface area contributed by atoms with Gasteiger partial charge >= 0.3 is 0 Å². The zero-order chi connectivity index (χ0) is 32.9. The number of rotatable bonds is 14. The standard InChI is InChI=1S/C26H46N4O13S/c1-11-3-5-13(6-4-11)44(37,38)39-10-18-20(34)19(30)21(35)26(41-18)43-24-15(29)7-14(28)23(22(24)36)42-25(16(33)9-31)40-17(8-27)12(2)32/h3-6,12,14-26,31-36H,7-10,27-30H2,1-2H3/t12-,14?,15-,16-,17?,18?,19?,20?,21?,22?,23?,24?,25?,26?/m0/s1. The Hall–Kier alpha value is -1.43. The molecule has 1 saturated heterocycles.